The lowest BCUT2D eigenvalue weighted by atomic mass is 10.1. The van der Waals surface area contributed by atoms with Gasteiger partial charge in [0.25, 0.3) is 11.8 Å². The molecule has 0 aliphatic rings. The molecule has 6 nitrogen and oxygen atoms in total. The number of nitrogens with one attached hydrogen (secondary N) is 2. The van der Waals surface area contributed by atoms with Gasteiger partial charge >= 0.3 is 6.18 Å². The van der Waals surface area contributed by atoms with E-state index in [-0.39, 0.29) is 28.4 Å². The molecule has 0 aliphatic carbocycles. The topological polar surface area (TPSA) is 97.1 Å². The number of aromatic nitrogens is 1. The number of benzene rings is 1. The van der Waals surface area contributed by atoms with E-state index in [1.54, 1.807) is 0 Å². The summed E-state index contributed by atoms with van der Waals surface area (Å²) in [5.41, 5.74) is 5.06. The third-order valence-electron chi connectivity index (χ3n) is 3.08. The molecule has 0 atom stereocenters. The van der Waals surface area contributed by atoms with Crippen molar-refractivity contribution in [2.75, 3.05) is 12.8 Å². The molecule has 0 fully saturated rings. The minimum Gasteiger partial charge on any atom is -0.395 e. The third-order valence-corrected chi connectivity index (χ3v) is 3.95. The molecule has 0 spiro atoms. The van der Waals surface area contributed by atoms with Crippen LogP contribution >= 0.6 is 11.5 Å². The number of halogens is 3. The van der Waals surface area contributed by atoms with E-state index < -0.39 is 23.6 Å². The maximum Gasteiger partial charge on any atom is 0.416 e. The molecule has 1 heterocycles. The summed E-state index contributed by atoms with van der Waals surface area (Å²) in [5, 5.41) is 4.80. The quantitative estimate of drug-likeness (QED) is 0.779. The molecule has 24 heavy (non-hydrogen) atoms. The molecular weight excluding hydrogens is 345 g/mol. The molecule has 0 unspecified atom stereocenters. The van der Waals surface area contributed by atoms with Crippen molar-refractivity contribution in [3.05, 3.63) is 46.0 Å². The van der Waals surface area contributed by atoms with E-state index in [0.29, 0.717) is 0 Å². The number of alkyl halides is 3. The zero-order valence-electron chi connectivity index (χ0n) is 12.4. The summed E-state index contributed by atoms with van der Waals surface area (Å²) >= 11 is 0.743. The molecule has 2 rings (SSSR count). The van der Waals surface area contributed by atoms with Crippen LogP contribution in [0.4, 0.5) is 18.9 Å². The van der Waals surface area contributed by atoms with Crippen molar-refractivity contribution in [1.29, 1.82) is 0 Å². The lowest BCUT2D eigenvalue weighted by molar-refractivity contribution is -0.137. The number of hydrogen-bond donors (Lipinski definition) is 3. The highest BCUT2D eigenvalue weighted by atomic mass is 32.1. The number of hydrogen-bond acceptors (Lipinski definition) is 5. The van der Waals surface area contributed by atoms with Gasteiger partial charge in [0, 0.05) is 13.6 Å². The van der Waals surface area contributed by atoms with Gasteiger partial charge in [-0.05, 0) is 29.2 Å². The van der Waals surface area contributed by atoms with Crippen molar-refractivity contribution in [3.63, 3.8) is 0 Å². The van der Waals surface area contributed by atoms with Gasteiger partial charge < -0.3 is 16.4 Å². The molecule has 2 amide bonds. The van der Waals surface area contributed by atoms with Crippen molar-refractivity contribution in [2.24, 2.45) is 0 Å². The van der Waals surface area contributed by atoms with Gasteiger partial charge in [0.05, 0.1) is 11.3 Å². The van der Waals surface area contributed by atoms with Gasteiger partial charge in [-0.3, -0.25) is 9.59 Å². The average Bonchev–Trinajstić information content (AvgIpc) is 2.93. The van der Waals surface area contributed by atoms with Crippen molar-refractivity contribution in [3.8, 4) is 0 Å². The molecule has 4 N–H and O–H groups in total. The van der Waals surface area contributed by atoms with Crippen LogP contribution in [-0.4, -0.2) is 23.2 Å². The number of rotatable bonds is 4. The van der Waals surface area contributed by atoms with E-state index in [0.717, 1.165) is 23.7 Å². The summed E-state index contributed by atoms with van der Waals surface area (Å²) in [6.07, 6.45) is -4.45. The van der Waals surface area contributed by atoms with E-state index in [1.165, 1.54) is 19.2 Å². The normalized spacial score (nSPS) is 11.2. The van der Waals surface area contributed by atoms with Crippen molar-refractivity contribution in [1.82, 2.24) is 15.0 Å². The summed E-state index contributed by atoms with van der Waals surface area (Å²) in [6.45, 7) is -0.116. The Bertz CT molecular complexity index is 774. The van der Waals surface area contributed by atoms with Crippen LogP contribution in [0.5, 0.6) is 0 Å². The van der Waals surface area contributed by atoms with E-state index in [2.05, 4.69) is 15.0 Å². The number of carbonyl (C=O) groups is 2. The zero-order valence-corrected chi connectivity index (χ0v) is 13.2. The molecule has 0 radical (unpaired) electrons. The van der Waals surface area contributed by atoms with Gasteiger partial charge in [-0.2, -0.15) is 17.5 Å². The fraction of sp³-hybridized carbons (Fsp3) is 0.214. The van der Waals surface area contributed by atoms with E-state index >= 15 is 0 Å². The van der Waals surface area contributed by atoms with E-state index in [1.807, 2.05) is 0 Å². The van der Waals surface area contributed by atoms with Gasteiger partial charge in [-0.25, -0.2) is 0 Å². The number of nitrogens with zero attached hydrogens (tertiary/aromatic N) is 1. The SMILES string of the molecule is CNC(=O)c1nsc(C(=O)NCc2cccc(C(F)(F)F)c2)c1N. The second-order valence-electron chi connectivity index (χ2n) is 4.73. The van der Waals surface area contributed by atoms with Crippen LogP contribution in [0, 0.1) is 0 Å². The van der Waals surface area contributed by atoms with Crippen LogP contribution in [0.3, 0.4) is 0 Å². The fourth-order valence-electron chi connectivity index (χ4n) is 1.86. The predicted octanol–water partition coefficient (Wildman–Crippen LogP) is 2.03. The monoisotopic (exact) mass is 358 g/mol. The Balaban J connectivity index is 2.09. The summed E-state index contributed by atoms with van der Waals surface area (Å²) in [6, 6.07) is 4.62. The van der Waals surface area contributed by atoms with Crippen LogP contribution in [-0.2, 0) is 12.7 Å². The Kier molecular flexibility index (Phi) is 5.07. The molecule has 1 aromatic carbocycles. The number of nitrogens with two attached hydrogens (primary N) is 1. The van der Waals surface area contributed by atoms with Gasteiger partial charge in [0.15, 0.2) is 5.69 Å². The second kappa shape index (κ2) is 6.87. The Labute approximate surface area is 139 Å². The second-order valence-corrected chi connectivity index (χ2v) is 5.51. The smallest absolute Gasteiger partial charge is 0.395 e. The molecule has 10 heteroatoms. The van der Waals surface area contributed by atoms with Crippen molar-refractivity contribution >= 4 is 29.0 Å². The Morgan fingerprint density at radius 1 is 1.29 bits per heavy atom. The first-order valence-corrected chi connectivity index (χ1v) is 7.43. The maximum absolute atomic E-state index is 12.6. The molecule has 128 valence electrons. The van der Waals surface area contributed by atoms with Crippen molar-refractivity contribution in [2.45, 2.75) is 12.7 Å². The van der Waals surface area contributed by atoms with Gasteiger partial charge in [-0.1, -0.05) is 12.1 Å². The van der Waals surface area contributed by atoms with Gasteiger partial charge in [0.2, 0.25) is 0 Å². The van der Waals surface area contributed by atoms with Gasteiger partial charge in [-0.15, -0.1) is 0 Å². The largest absolute Gasteiger partial charge is 0.416 e. The van der Waals surface area contributed by atoms with E-state index in [4.69, 9.17) is 5.73 Å². The average molecular weight is 358 g/mol. The molecule has 0 aliphatic heterocycles. The Morgan fingerprint density at radius 2 is 2.00 bits per heavy atom. The fourth-order valence-corrected chi connectivity index (χ4v) is 2.58. The van der Waals surface area contributed by atoms with Gasteiger partial charge in [0.1, 0.15) is 4.88 Å². The maximum atomic E-state index is 12.6. The minimum absolute atomic E-state index is 0.0283. The van der Waals surface area contributed by atoms with Crippen LogP contribution in [0.15, 0.2) is 24.3 Å². The zero-order chi connectivity index (χ0) is 17.9. The highest BCUT2D eigenvalue weighted by Gasteiger charge is 2.30. The predicted molar refractivity (Wildman–Crippen MR) is 82.5 cm³/mol. The third kappa shape index (κ3) is 3.82. The number of nitrogen functional groups attached to an aromatic ring is 1. The molecule has 2 aromatic rings. The van der Waals surface area contributed by atoms with Crippen molar-refractivity contribution < 1.29 is 22.8 Å². The Morgan fingerprint density at radius 3 is 2.62 bits per heavy atom. The molecular formula is C14H13F3N4O2S. The van der Waals surface area contributed by atoms with E-state index in [9.17, 15) is 22.8 Å². The summed E-state index contributed by atoms with van der Waals surface area (Å²) in [4.78, 5) is 23.6. The van der Waals surface area contributed by atoms with Crippen LogP contribution in [0.2, 0.25) is 0 Å². The highest BCUT2D eigenvalue weighted by molar-refractivity contribution is 7.09. The first-order valence-electron chi connectivity index (χ1n) is 6.65. The first-order chi connectivity index (χ1) is 11.2. The van der Waals surface area contributed by atoms with Crippen LogP contribution in [0.1, 0.15) is 31.3 Å². The summed E-state index contributed by atoms with van der Waals surface area (Å²) in [7, 11) is 1.40. The molecule has 1 aromatic heterocycles. The Hall–Kier alpha value is -2.62. The van der Waals surface area contributed by atoms with Crippen LogP contribution < -0.4 is 16.4 Å². The standard InChI is InChI=1S/C14H13F3N4O2S/c1-19-12(22)10-9(18)11(24-21-10)13(23)20-6-7-3-2-4-8(5-7)14(15,16)17/h2-5H,6,18H2,1H3,(H,19,22)(H,20,23). The summed E-state index contributed by atoms with van der Waals surface area (Å²) in [5.74, 6) is -1.14. The lowest BCUT2D eigenvalue weighted by Crippen LogP contribution is -2.24. The number of anilines is 1. The molecule has 0 bridgehead atoms. The highest BCUT2D eigenvalue weighted by Crippen LogP contribution is 2.29. The number of carbonyl (C=O) groups excluding carboxylic acids is 2. The molecule has 0 saturated carbocycles. The molecule has 0 saturated heterocycles. The van der Waals surface area contributed by atoms with Crippen LogP contribution in [0.25, 0.3) is 0 Å². The lowest BCUT2D eigenvalue weighted by Gasteiger charge is -2.09. The summed E-state index contributed by atoms with van der Waals surface area (Å²) < 4.78 is 41.7. The first kappa shape index (κ1) is 17.7. The number of amides is 2. The minimum atomic E-state index is -4.45.